The van der Waals surface area contributed by atoms with E-state index in [-0.39, 0.29) is 36.3 Å². The van der Waals surface area contributed by atoms with Gasteiger partial charge in [0.25, 0.3) is 0 Å². The molecule has 1 amide bonds. The average molecular weight is 356 g/mol. The second kappa shape index (κ2) is 11.5. The summed E-state index contributed by atoms with van der Waals surface area (Å²) in [5.74, 6) is 1.68. The van der Waals surface area contributed by atoms with Gasteiger partial charge in [-0.3, -0.25) is 9.69 Å². The zero-order valence-electron chi connectivity index (χ0n) is 14.8. The number of hydrogen-bond acceptors (Lipinski definition) is 3. The molecule has 2 atom stereocenters. The molecule has 2 unspecified atom stereocenters. The van der Waals surface area contributed by atoms with E-state index in [0.717, 1.165) is 44.4 Å². The summed E-state index contributed by atoms with van der Waals surface area (Å²) in [5, 5.41) is 6.17. The van der Waals surface area contributed by atoms with Gasteiger partial charge in [-0.25, -0.2) is 0 Å². The van der Waals surface area contributed by atoms with Crippen molar-refractivity contribution >= 4 is 30.7 Å². The number of carbonyl (C=O) groups excluding carboxylic acids is 1. The summed E-state index contributed by atoms with van der Waals surface area (Å²) in [6.45, 7) is 13.1. The number of rotatable bonds is 7. The second-order valence-electron chi connectivity index (χ2n) is 7.15. The van der Waals surface area contributed by atoms with E-state index in [1.54, 1.807) is 0 Å². The van der Waals surface area contributed by atoms with Crippen LogP contribution in [-0.4, -0.2) is 49.6 Å². The zero-order valence-corrected chi connectivity index (χ0v) is 16.4. The highest BCUT2D eigenvalue weighted by Gasteiger charge is 2.32. The van der Waals surface area contributed by atoms with Gasteiger partial charge >= 0.3 is 0 Å². The van der Waals surface area contributed by atoms with Crippen molar-refractivity contribution in [1.29, 1.82) is 0 Å². The summed E-state index contributed by atoms with van der Waals surface area (Å²) in [5.41, 5.74) is 0.0433. The Balaban J connectivity index is 0. The lowest BCUT2D eigenvalue weighted by atomic mass is 9.88. The van der Waals surface area contributed by atoms with Gasteiger partial charge in [0.15, 0.2) is 0 Å². The summed E-state index contributed by atoms with van der Waals surface area (Å²) in [4.78, 5) is 14.4. The van der Waals surface area contributed by atoms with Crippen LogP contribution in [0.1, 0.15) is 47.0 Å². The normalized spacial score (nSPS) is 22.4. The predicted octanol–water partition coefficient (Wildman–Crippen LogP) is 2.70. The lowest BCUT2D eigenvalue weighted by molar-refractivity contribution is -0.121. The Hall–Kier alpha value is -0.0300. The van der Waals surface area contributed by atoms with E-state index in [9.17, 15) is 4.79 Å². The first-order chi connectivity index (χ1) is 9.35. The van der Waals surface area contributed by atoms with Crippen LogP contribution in [0.2, 0.25) is 0 Å². The standard InChI is InChI=1S/C16H33N3O.2ClH/c1-13-9-14(2)11-19(10-13)16(3,4)12-18-15(20)7-6-8-17-5;;/h13-14,17H,6-12H2,1-5H3,(H,18,20);2*1H. The average Bonchev–Trinajstić information content (AvgIpc) is 2.36. The molecule has 0 aliphatic carbocycles. The van der Waals surface area contributed by atoms with Gasteiger partial charge in [-0.2, -0.15) is 0 Å². The van der Waals surface area contributed by atoms with E-state index >= 15 is 0 Å². The Morgan fingerprint density at radius 2 is 1.73 bits per heavy atom. The summed E-state index contributed by atoms with van der Waals surface area (Å²) in [6, 6.07) is 0. The fourth-order valence-corrected chi connectivity index (χ4v) is 3.10. The fraction of sp³-hybridized carbons (Fsp3) is 0.938. The highest BCUT2D eigenvalue weighted by atomic mass is 35.5. The number of amides is 1. The minimum atomic E-state index is 0. The molecule has 0 aromatic carbocycles. The van der Waals surface area contributed by atoms with Crippen molar-refractivity contribution in [2.24, 2.45) is 11.8 Å². The molecule has 1 saturated heterocycles. The molecule has 22 heavy (non-hydrogen) atoms. The molecule has 1 aliphatic heterocycles. The number of carbonyl (C=O) groups is 1. The van der Waals surface area contributed by atoms with Gasteiger partial charge in [-0.1, -0.05) is 13.8 Å². The quantitative estimate of drug-likeness (QED) is 0.690. The topological polar surface area (TPSA) is 44.4 Å². The zero-order chi connectivity index (χ0) is 15.2. The Kier molecular flexibility index (Phi) is 12.7. The first-order valence-electron chi connectivity index (χ1n) is 8.01. The molecule has 0 saturated carbocycles. The first-order valence-corrected chi connectivity index (χ1v) is 8.01. The molecule has 0 radical (unpaired) electrons. The molecule has 1 heterocycles. The molecule has 1 fully saturated rings. The molecular formula is C16H35Cl2N3O. The second-order valence-corrected chi connectivity index (χ2v) is 7.15. The third kappa shape index (κ3) is 8.56. The monoisotopic (exact) mass is 355 g/mol. The lowest BCUT2D eigenvalue weighted by Gasteiger charge is -2.45. The van der Waals surface area contributed by atoms with Gasteiger partial charge in [0.1, 0.15) is 0 Å². The molecule has 1 rings (SSSR count). The Labute approximate surface area is 149 Å². The SMILES string of the molecule is CNCCCC(=O)NCC(C)(C)N1CC(C)CC(C)C1.Cl.Cl. The highest BCUT2D eigenvalue weighted by molar-refractivity contribution is 5.85. The van der Waals surface area contributed by atoms with Crippen LogP contribution >= 0.6 is 24.8 Å². The number of likely N-dealkylation sites (tertiary alicyclic amines) is 1. The molecule has 2 N–H and O–H groups in total. The van der Waals surface area contributed by atoms with E-state index in [4.69, 9.17) is 0 Å². The van der Waals surface area contributed by atoms with Crippen LogP contribution in [0, 0.1) is 11.8 Å². The molecule has 0 aromatic heterocycles. The fourth-order valence-electron chi connectivity index (χ4n) is 3.10. The summed E-state index contributed by atoms with van der Waals surface area (Å²) in [6.07, 6.45) is 2.84. The van der Waals surface area contributed by atoms with Gasteiger partial charge in [0.05, 0.1) is 0 Å². The van der Waals surface area contributed by atoms with E-state index in [1.807, 2.05) is 7.05 Å². The van der Waals surface area contributed by atoms with Gasteiger partial charge < -0.3 is 10.6 Å². The molecule has 0 bridgehead atoms. The van der Waals surface area contributed by atoms with Crippen LogP contribution in [-0.2, 0) is 4.79 Å². The Bertz CT molecular complexity index is 304. The van der Waals surface area contributed by atoms with Crippen molar-refractivity contribution in [2.45, 2.75) is 52.5 Å². The molecule has 4 nitrogen and oxygen atoms in total. The number of nitrogens with one attached hydrogen (secondary N) is 2. The van der Waals surface area contributed by atoms with E-state index in [0.29, 0.717) is 6.42 Å². The van der Waals surface area contributed by atoms with Crippen molar-refractivity contribution < 1.29 is 4.79 Å². The van der Waals surface area contributed by atoms with E-state index in [2.05, 4.69) is 43.2 Å². The van der Waals surface area contributed by atoms with Crippen molar-refractivity contribution in [3.8, 4) is 0 Å². The van der Waals surface area contributed by atoms with E-state index in [1.165, 1.54) is 6.42 Å². The number of hydrogen-bond donors (Lipinski definition) is 2. The van der Waals surface area contributed by atoms with Crippen LogP contribution in [0.3, 0.4) is 0 Å². The largest absolute Gasteiger partial charge is 0.354 e. The maximum absolute atomic E-state index is 11.8. The number of halogens is 2. The van der Waals surface area contributed by atoms with Crippen molar-refractivity contribution in [3.63, 3.8) is 0 Å². The van der Waals surface area contributed by atoms with Gasteiger partial charge in [0.2, 0.25) is 5.91 Å². The van der Waals surface area contributed by atoms with Crippen LogP contribution in [0.15, 0.2) is 0 Å². The Morgan fingerprint density at radius 1 is 1.18 bits per heavy atom. The maximum atomic E-state index is 11.8. The molecule has 0 spiro atoms. The first kappa shape index (κ1) is 24.2. The van der Waals surface area contributed by atoms with E-state index < -0.39 is 0 Å². The maximum Gasteiger partial charge on any atom is 0.220 e. The van der Waals surface area contributed by atoms with Crippen LogP contribution in [0.5, 0.6) is 0 Å². The molecular weight excluding hydrogens is 321 g/mol. The molecule has 134 valence electrons. The summed E-state index contributed by atoms with van der Waals surface area (Å²) < 4.78 is 0. The van der Waals surface area contributed by atoms with Gasteiger partial charge in [-0.05, 0) is 52.1 Å². The van der Waals surface area contributed by atoms with Crippen molar-refractivity contribution in [1.82, 2.24) is 15.5 Å². The molecule has 6 heteroatoms. The highest BCUT2D eigenvalue weighted by Crippen LogP contribution is 2.26. The summed E-state index contributed by atoms with van der Waals surface area (Å²) >= 11 is 0. The molecule has 1 aliphatic rings. The number of nitrogens with zero attached hydrogens (tertiary/aromatic N) is 1. The van der Waals surface area contributed by atoms with Crippen molar-refractivity contribution in [3.05, 3.63) is 0 Å². The van der Waals surface area contributed by atoms with Gasteiger partial charge in [0, 0.05) is 31.6 Å². The third-order valence-electron chi connectivity index (χ3n) is 4.27. The molecule has 0 aromatic rings. The lowest BCUT2D eigenvalue weighted by Crippen LogP contribution is -2.56. The van der Waals surface area contributed by atoms with Crippen LogP contribution in [0.4, 0.5) is 0 Å². The minimum Gasteiger partial charge on any atom is -0.354 e. The minimum absolute atomic E-state index is 0. The summed E-state index contributed by atoms with van der Waals surface area (Å²) in [7, 11) is 1.92. The number of piperidine rings is 1. The van der Waals surface area contributed by atoms with Crippen molar-refractivity contribution in [2.75, 3.05) is 33.2 Å². The van der Waals surface area contributed by atoms with Crippen LogP contribution < -0.4 is 10.6 Å². The predicted molar refractivity (Wildman–Crippen MR) is 99.3 cm³/mol. The smallest absolute Gasteiger partial charge is 0.220 e. The van der Waals surface area contributed by atoms with Gasteiger partial charge in [-0.15, -0.1) is 24.8 Å². The Morgan fingerprint density at radius 3 is 2.23 bits per heavy atom. The van der Waals surface area contributed by atoms with Crippen LogP contribution in [0.25, 0.3) is 0 Å². The third-order valence-corrected chi connectivity index (χ3v) is 4.27.